The first-order valence-electron chi connectivity index (χ1n) is 2.68. The molecule has 0 unspecified atom stereocenters. The van der Waals surface area contributed by atoms with Crippen molar-refractivity contribution in [3.05, 3.63) is 28.5 Å². The van der Waals surface area contributed by atoms with Crippen molar-refractivity contribution in [2.45, 2.75) is 0 Å². The van der Waals surface area contributed by atoms with Gasteiger partial charge in [-0.2, -0.15) is 5.10 Å². The van der Waals surface area contributed by atoms with Crippen molar-refractivity contribution in [2.24, 2.45) is 10.9 Å². The van der Waals surface area contributed by atoms with E-state index < -0.39 is 0 Å². The van der Waals surface area contributed by atoms with Crippen molar-refractivity contribution in [1.29, 1.82) is 0 Å². The number of halogens is 1. The van der Waals surface area contributed by atoms with Gasteiger partial charge in [-0.05, 0) is 33.6 Å². The predicted molar refractivity (Wildman–Crippen MR) is 43.7 cm³/mol. The maximum Gasteiger partial charge on any atom is 0.106 e. The Morgan fingerprint density at radius 2 is 2.50 bits per heavy atom. The van der Waals surface area contributed by atoms with Gasteiger partial charge in [0.2, 0.25) is 0 Å². The van der Waals surface area contributed by atoms with Gasteiger partial charge in [0.1, 0.15) is 4.60 Å². The Morgan fingerprint density at radius 1 is 1.70 bits per heavy atom. The van der Waals surface area contributed by atoms with Crippen LogP contribution in [0.2, 0.25) is 0 Å². The highest BCUT2D eigenvalue weighted by Gasteiger charge is 1.88. The van der Waals surface area contributed by atoms with Crippen LogP contribution in [-0.4, -0.2) is 11.2 Å². The van der Waals surface area contributed by atoms with Gasteiger partial charge < -0.3 is 5.84 Å². The molecule has 4 heteroatoms. The molecular formula is C6H6BrN3. The smallest absolute Gasteiger partial charge is 0.106 e. The summed E-state index contributed by atoms with van der Waals surface area (Å²) in [7, 11) is 0. The molecule has 0 radical (unpaired) electrons. The summed E-state index contributed by atoms with van der Waals surface area (Å²) < 4.78 is 0.782. The molecule has 1 heterocycles. The maximum absolute atomic E-state index is 4.94. The fourth-order valence-corrected chi connectivity index (χ4v) is 0.966. The number of nitrogens with two attached hydrogens (primary N) is 1. The lowest BCUT2D eigenvalue weighted by molar-refractivity contribution is 1.24. The molecule has 0 aliphatic rings. The summed E-state index contributed by atoms with van der Waals surface area (Å²) in [6.07, 6.45) is 3.24. The molecule has 0 saturated carbocycles. The number of nitrogens with zero attached hydrogens (tertiary/aromatic N) is 2. The van der Waals surface area contributed by atoms with Crippen molar-refractivity contribution in [3.63, 3.8) is 0 Å². The fraction of sp³-hybridized carbons (Fsp3) is 0. The molecule has 0 aliphatic heterocycles. The Hall–Kier alpha value is -0.900. The molecular weight excluding hydrogens is 194 g/mol. The van der Waals surface area contributed by atoms with E-state index >= 15 is 0 Å². The molecule has 1 aromatic heterocycles. The van der Waals surface area contributed by atoms with Gasteiger partial charge in [-0.25, -0.2) is 4.98 Å². The number of hydrogen-bond donors (Lipinski definition) is 1. The first-order chi connectivity index (χ1) is 4.83. The van der Waals surface area contributed by atoms with Crippen LogP contribution in [0.25, 0.3) is 0 Å². The van der Waals surface area contributed by atoms with Crippen LogP contribution in [0.3, 0.4) is 0 Å². The maximum atomic E-state index is 4.94. The number of pyridine rings is 1. The largest absolute Gasteiger partial charge is 0.323 e. The third-order valence-corrected chi connectivity index (χ3v) is 1.41. The van der Waals surface area contributed by atoms with Crippen molar-refractivity contribution in [3.8, 4) is 0 Å². The number of rotatable bonds is 1. The third kappa shape index (κ3) is 1.80. The zero-order valence-electron chi connectivity index (χ0n) is 5.16. The van der Waals surface area contributed by atoms with Crippen LogP contribution in [0.15, 0.2) is 28.0 Å². The minimum Gasteiger partial charge on any atom is -0.323 e. The summed E-state index contributed by atoms with van der Waals surface area (Å²) in [6, 6.07) is 3.65. The number of aromatic nitrogens is 1. The molecule has 0 amide bonds. The highest BCUT2D eigenvalue weighted by Crippen LogP contribution is 2.05. The Morgan fingerprint density at radius 3 is 3.10 bits per heavy atom. The molecule has 10 heavy (non-hydrogen) atoms. The minimum atomic E-state index is 0.782. The summed E-state index contributed by atoms with van der Waals surface area (Å²) in [5.41, 5.74) is 0.935. The zero-order valence-corrected chi connectivity index (χ0v) is 6.75. The lowest BCUT2D eigenvalue weighted by Gasteiger charge is -1.90. The van der Waals surface area contributed by atoms with Gasteiger partial charge in [0, 0.05) is 6.20 Å². The molecule has 52 valence electrons. The SMILES string of the molecule is N/N=C/c1ccnc(Br)c1. The van der Waals surface area contributed by atoms with Crippen molar-refractivity contribution >= 4 is 22.1 Å². The van der Waals surface area contributed by atoms with Gasteiger partial charge in [-0.15, -0.1) is 0 Å². The van der Waals surface area contributed by atoms with Crippen LogP contribution in [0.4, 0.5) is 0 Å². The molecule has 0 atom stereocenters. The van der Waals surface area contributed by atoms with Crippen molar-refractivity contribution in [2.75, 3.05) is 0 Å². The quantitative estimate of drug-likeness (QED) is 0.320. The Kier molecular flexibility index (Phi) is 2.39. The number of hydrazone groups is 1. The molecule has 0 bridgehead atoms. The first-order valence-corrected chi connectivity index (χ1v) is 3.47. The zero-order chi connectivity index (χ0) is 7.40. The summed E-state index contributed by atoms with van der Waals surface area (Å²) >= 11 is 3.22. The standard InChI is InChI=1S/C6H6BrN3/c7-6-3-5(4-10-8)1-2-9-6/h1-4H,8H2/b10-4+. The molecule has 3 nitrogen and oxygen atoms in total. The Bertz CT molecular complexity index is 247. The van der Waals surface area contributed by atoms with Crippen LogP contribution in [0, 0.1) is 0 Å². The van der Waals surface area contributed by atoms with E-state index in [1.54, 1.807) is 12.4 Å². The highest BCUT2D eigenvalue weighted by molar-refractivity contribution is 9.10. The van der Waals surface area contributed by atoms with E-state index in [1.807, 2.05) is 12.1 Å². The minimum absolute atomic E-state index is 0.782. The van der Waals surface area contributed by atoms with E-state index in [2.05, 4.69) is 26.0 Å². The van der Waals surface area contributed by atoms with Gasteiger partial charge in [-0.1, -0.05) is 0 Å². The summed E-state index contributed by atoms with van der Waals surface area (Å²) in [5, 5.41) is 3.37. The average Bonchev–Trinajstić information content (AvgIpc) is 1.88. The van der Waals surface area contributed by atoms with Crippen molar-refractivity contribution < 1.29 is 0 Å². The van der Waals surface area contributed by atoms with E-state index in [4.69, 9.17) is 5.84 Å². The Balaban J connectivity index is 2.95. The second-order valence-corrected chi connectivity index (χ2v) is 2.50. The molecule has 1 aromatic rings. The molecule has 0 aliphatic carbocycles. The van der Waals surface area contributed by atoms with Gasteiger partial charge in [0.05, 0.1) is 6.21 Å². The van der Waals surface area contributed by atoms with Crippen LogP contribution >= 0.6 is 15.9 Å². The predicted octanol–water partition coefficient (Wildman–Crippen LogP) is 1.14. The second kappa shape index (κ2) is 3.31. The van der Waals surface area contributed by atoms with E-state index in [0.29, 0.717) is 0 Å². The first kappa shape index (κ1) is 7.21. The van der Waals surface area contributed by atoms with Crippen molar-refractivity contribution in [1.82, 2.24) is 4.98 Å². The molecule has 0 aromatic carbocycles. The Labute approximate surface area is 67.1 Å². The summed E-state index contributed by atoms with van der Waals surface area (Å²) in [4.78, 5) is 3.94. The number of hydrogen-bond acceptors (Lipinski definition) is 3. The van der Waals surface area contributed by atoms with Gasteiger partial charge in [0.15, 0.2) is 0 Å². The molecule has 0 saturated heterocycles. The van der Waals surface area contributed by atoms with E-state index in [1.165, 1.54) is 0 Å². The third-order valence-electron chi connectivity index (χ3n) is 0.974. The van der Waals surface area contributed by atoms with Crippen LogP contribution in [-0.2, 0) is 0 Å². The van der Waals surface area contributed by atoms with Crippen LogP contribution in [0.5, 0.6) is 0 Å². The van der Waals surface area contributed by atoms with E-state index in [-0.39, 0.29) is 0 Å². The molecule has 0 spiro atoms. The van der Waals surface area contributed by atoms with Crippen LogP contribution in [0.1, 0.15) is 5.56 Å². The van der Waals surface area contributed by atoms with E-state index in [9.17, 15) is 0 Å². The second-order valence-electron chi connectivity index (χ2n) is 1.69. The van der Waals surface area contributed by atoms with Gasteiger partial charge >= 0.3 is 0 Å². The lowest BCUT2D eigenvalue weighted by atomic mass is 10.3. The van der Waals surface area contributed by atoms with E-state index in [0.717, 1.165) is 10.2 Å². The summed E-state index contributed by atoms with van der Waals surface area (Å²) in [6.45, 7) is 0. The normalized spacial score (nSPS) is 10.5. The summed E-state index contributed by atoms with van der Waals surface area (Å²) in [5.74, 6) is 4.94. The molecule has 2 N–H and O–H groups in total. The van der Waals surface area contributed by atoms with Gasteiger partial charge in [-0.3, -0.25) is 0 Å². The molecule has 1 rings (SSSR count). The lowest BCUT2D eigenvalue weighted by Crippen LogP contribution is -1.86. The highest BCUT2D eigenvalue weighted by atomic mass is 79.9. The van der Waals surface area contributed by atoms with Crippen LogP contribution < -0.4 is 5.84 Å². The average molecular weight is 200 g/mol. The van der Waals surface area contributed by atoms with Gasteiger partial charge in [0.25, 0.3) is 0 Å². The monoisotopic (exact) mass is 199 g/mol. The molecule has 0 fully saturated rings. The fourth-order valence-electron chi connectivity index (χ4n) is 0.584. The topological polar surface area (TPSA) is 51.3 Å².